The Bertz CT molecular complexity index is 1370. The molecule has 1 fully saturated rings. The van der Waals surface area contributed by atoms with Crippen LogP contribution in [-0.4, -0.2) is 78.2 Å². The maximum Gasteiger partial charge on any atom is 0.161 e. The number of imidazole rings is 1. The number of aromatic nitrogens is 8. The Kier molecular flexibility index (Phi) is 4.10. The number of fused-ring (bicyclic) bond motifs is 2. The van der Waals surface area contributed by atoms with Crippen molar-refractivity contribution in [2.45, 2.75) is 0 Å². The van der Waals surface area contributed by atoms with Gasteiger partial charge in [-0.1, -0.05) is 0 Å². The van der Waals surface area contributed by atoms with Crippen molar-refractivity contribution in [3.05, 3.63) is 43.0 Å². The number of pyridine rings is 2. The molecule has 31 heavy (non-hydrogen) atoms. The van der Waals surface area contributed by atoms with Gasteiger partial charge in [0.2, 0.25) is 0 Å². The topological polar surface area (TPSA) is 115 Å². The Labute approximate surface area is 177 Å². The molecule has 0 atom stereocenters. The minimum absolute atomic E-state index is 0.661. The molecule has 6 rings (SSSR count). The summed E-state index contributed by atoms with van der Waals surface area (Å²) in [4.78, 5) is 30.8. The molecule has 0 unspecified atom stereocenters. The third-order valence-electron chi connectivity index (χ3n) is 5.64. The first-order valence-electron chi connectivity index (χ1n) is 10.2. The highest BCUT2D eigenvalue weighted by Crippen LogP contribution is 2.30. The summed E-state index contributed by atoms with van der Waals surface area (Å²) in [6, 6.07) is 5.80. The molecule has 0 spiro atoms. The first kappa shape index (κ1) is 17.9. The van der Waals surface area contributed by atoms with Crippen LogP contribution in [0.4, 0.5) is 5.82 Å². The van der Waals surface area contributed by atoms with Crippen LogP contribution in [0.1, 0.15) is 0 Å². The monoisotopic (exact) mass is 412 g/mol. The number of H-pyrrole nitrogens is 2. The van der Waals surface area contributed by atoms with E-state index in [2.05, 4.69) is 47.0 Å². The lowest BCUT2D eigenvalue weighted by Crippen LogP contribution is -2.44. The fourth-order valence-electron chi connectivity index (χ4n) is 3.92. The molecule has 10 heteroatoms. The minimum atomic E-state index is 0.661. The molecular weight excluding hydrogens is 392 g/mol. The van der Waals surface area contributed by atoms with Crippen molar-refractivity contribution in [2.24, 2.45) is 0 Å². The van der Waals surface area contributed by atoms with Crippen LogP contribution in [-0.2, 0) is 0 Å². The Morgan fingerprint density at radius 2 is 1.74 bits per heavy atom. The second-order valence-electron chi connectivity index (χ2n) is 7.66. The van der Waals surface area contributed by atoms with Crippen molar-refractivity contribution >= 4 is 27.9 Å². The molecule has 2 N–H and O–H groups in total. The lowest BCUT2D eigenvalue weighted by molar-refractivity contribution is 0.312. The van der Waals surface area contributed by atoms with Gasteiger partial charge in [-0.25, -0.2) is 15.0 Å². The number of rotatable bonds is 3. The molecule has 10 nitrogen and oxygen atoms in total. The van der Waals surface area contributed by atoms with Crippen LogP contribution < -0.4 is 4.90 Å². The largest absolute Gasteiger partial charge is 0.352 e. The van der Waals surface area contributed by atoms with Gasteiger partial charge in [-0.15, -0.1) is 0 Å². The Morgan fingerprint density at radius 3 is 2.58 bits per heavy atom. The zero-order valence-corrected chi connectivity index (χ0v) is 16.9. The van der Waals surface area contributed by atoms with Crippen LogP contribution in [0.5, 0.6) is 0 Å². The number of hydrogen-bond acceptors (Lipinski definition) is 8. The molecule has 1 aliphatic heterocycles. The molecule has 1 aliphatic rings. The molecule has 0 amide bonds. The summed E-state index contributed by atoms with van der Waals surface area (Å²) in [7, 11) is 2.14. The Morgan fingerprint density at radius 1 is 0.839 bits per heavy atom. The van der Waals surface area contributed by atoms with Gasteiger partial charge in [0.05, 0.1) is 22.9 Å². The van der Waals surface area contributed by atoms with Crippen LogP contribution in [0.25, 0.3) is 45.0 Å². The van der Waals surface area contributed by atoms with Crippen molar-refractivity contribution in [3.63, 3.8) is 0 Å². The van der Waals surface area contributed by atoms with Crippen LogP contribution in [0.2, 0.25) is 0 Å². The quantitative estimate of drug-likeness (QED) is 0.463. The van der Waals surface area contributed by atoms with E-state index in [4.69, 9.17) is 9.97 Å². The predicted molar refractivity (Wildman–Crippen MR) is 118 cm³/mol. The van der Waals surface area contributed by atoms with Crippen LogP contribution in [0.15, 0.2) is 43.0 Å². The zero-order chi connectivity index (χ0) is 20.8. The Balaban J connectivity index is 1.44. The molecule has 0 aromatic carbocycles. The summed E-state index contributed by atoms with van der Waals surface area (Å²) in [5.41, 5.74) is 5.46. The average Bonchev–Trinajstić information content (AvgIpc) is 3.43. The molecule has 154 valence electrons. The summed E-state index contributed by atoms with van der Waals surface area (Å²) >= 11 is 0. The molecule has 0 radical (unpaired) electrons. The molecule has 1 saturated heterocycles. The lowest BCUT2D eigenvalue weighted by atomic mass is 10.2. The molecular formula is C21H20N10. The highest BCUT2D eigenvalue weighted by Gasteiger charge is 2.21. The number of likely N-dealkylation sites (N-methyl/N-ethyl adjacent to an activating group) is 1. The third kappa shape index (κ3) is 3.08. The normalized spacial score (nSPS) is 15.2. The molecule has 5 aromatic rings. The summed E-state index contributed by atoms with van der Waals surface area (Å²) in [6.07, 6.45) is 6.82. The Hall–Kier alpha value is -3.92. The third-order valence-corrected chi connectivity index (χ3v) is 5.64. The van der Waals surface area contributed by atoms with E-state index in [1.807, 2.05) is 24.4 Å². The molecule has 6 heterocycles. The van der Waals surface area contributed by atoms with Gasteiger partial charge in [-0.2, -0.15) is 5.10 Å². The number of nitrogens with zero attached hydrogens (tertiary/aromatic N) is 8. The number of hydrogen-bond donors (Lipinski definition) is 2. The summed E-state index contributed by atoms with van der Waals surface area (Å²) in [5.74, 6) is 1.56. The van der Waals surface area contributed by atoms with Crippen molar-refractivity contribution < 1.29 is 0 Å². The first-order chi connectivity index (χ1) is 15.3. The van der Waals surface area contributed by atoms with Gasteiger partial charge in [0, 0.05) is 44.8 Å². The van der Waals surface area contributed by atoms with Crippen molar-refractivity contribution in [1.82, 2.24) is 45.0 Å². The van der Waals surface area contributed by atoms with Crippen LogP contribution in [0.3, 0.4) is 0 Å². The summed E-state index contributed by atoms with van der Waals surface area (Å²) in [6.45, 7) is 3.88. The van der Waals surface area contributed by atoms with E-state index in [1.165, 1.54) is 0 Å². The lowest BCUT2D eigenvalue weighted by Gasteiger charge is -2.33. The number of aromatic amines is 2. The molecule has 0 aliphatic carbocycles. The van der Waals surface area contributed by atoms with E-state index >= 15 is 0 Å². The van der Waals surface area contributed by atoms with Crippen molar-refractivity contribution in [1.29, 1.82) is 0 Å². The summed E-state index contributed by atoms with van der Waals surface area (Å²) in [5, 5.41) is 7.54. The van der Waals surface area contributed by atoms with Crippen molar-refractivity contribution in [3.8, 4) is 22.9 Å². The fraction of sp³-hybridized carbons (Fsp3) is 0.238. The molecule has 5 aromatic heterocycles. The SMILES string of the molecule is CN1CCN(c2nccc3[nH]c(-c4n[nH]c5ccc(-c6cnccn6)nc45)nc23)CC1. The molecule has 0 bridgehead atoms. The number of nitrogens with one attached hydrogen (secondary N) is 2. The van der Waals surface area contributed by atoms with Crippen molar-refractivity contribution in [2.75, 3.05) is 38.1 Å². The molecule has 0 saturated carbocycles. The number of anilines is 1. The van der Waals surface area contributed by atoms with E-state index in [-0.39, 0.29) is 0 Å². The summed E-state index contributed by atoms with van der Waals surface area (Å²) < 4.78 is 0. The smallest absolute Gasteiger partial charge is 0.161 e. The maximum absolute atomic E-state index is 4.88. The zero-order valence-electron chi connectivity index (χ0n) is 16.9. The highest BCUT2D eigenvalue weighted by atomic mass is 15.3. The maximum atomic E-state index is 4.88. The van der Waals surface area contributed by atoms with Gasteiger partial charge in [0.15, 0.2) is 17.3 Å². The standard InChI is InChI=1S/C21H20N10/c1-30-8-10-31(11-9-30)21-18-14(4-5-24-21)26-20(27-18)19-17-15(28-29-19)3-2-13(25-17)16-12-22-6-7-23-16/h2-7,12H,8-11H2,1H3,(H,26,27)(H,28,29). The van der Waals surface area contributed by atoms with Gasteiger partial charge >= 0.3 is 0 Å². The van der Waals surface area contributed by atoms with E-state index < -0.39 is 0 Å². The minimum Gasteiger partial charge on any atom is -0.352 e. The van der Waals surface area contributed by atoms with Gasteiger partial charge in [-0.3, -0.25) is 15.1 Å². The van der Waals surface area contributed by atoms with E-state index in [9.17, 15) is 0 Å². The second kappa shape index (κ2) is 7.10. The predicted octanol–water partition coefficient (Wildman–Crippen LogP) is 2.10. The average molecular weight is 412 g/mol. The van der Waals surface area contributed by atoms with E-state index in [1.54, 1.807) is 18.6 Å². The first-order valence-corrected chi connectivity index (χ1v) is 10.2. The fourth-order valence-corrected chi connectivity index (χ4v) is 3.92. The van der Waals surface area contributed by atoms with Gasteiger partial charge in [0.1, 0.15) is 16.7 Å². The van der Waals surface area contributed by atoms with Crippen LogP contribution >= 0.6 is 0 Å². The van der Waals surface area contributed by atoms with Gasteiger partial charge in [0.25, 0.3) is 0 Å². The van der Waals surface area contributed by atoms with Gasteiger partial charge < -0.3 is 14.8 Å². The van der Waals surface area contributed by atoms with E-state index in [0.717, 1.165) is 59.8 Å². The highest BCUT2D eigenvalue weighted by molar-refractivity contribution is 5.93. The number of piperazine rings is 1. The van der Waals surface area contributed by atoms with E-state index in [0.29, 0.717) is 17.2 Å². The second-order valence-corrected chi connectivity index (χ2v) is 7.66. The van der Waals surface area contributed by atoms with Gasteiger partial charge in [-0.05, 0) is 25.2 Å². The van der Waals surface area contributed by atoms with Crippen LogP contribution in [0, 0.1) is 0 Å².